The maximum Gasteiger partial charge on any atom is 0.0305 e. The van der Waals surface area contributed by atoms with Crippen LogP contribution in [-0.2, 0) is 6.42 Å². The van der Waals surface area contributed by atoms with Gasteiger partial charge in [-0.25, -0.2) is 0 Å². The second-order valence-electron chi connectivity index (χ2n) is 4.32. The summed E-state index contributed by atoms with van der Waals surface area (Å²) in [6, 6.07) is 2.18. The molecule has 1 heterocycles. The highest BCUT2D eigenvalue weighted by Gasteiger charge is 2.22. The summed E-state index contributed by atoms with van der Waals surface area (Å²) < 4.78 is 0. The third kappa shape index (κ3) is 1.60. The van der Waals surface area contributed by atoms with E-state index >= 15 is 0 Å². The topological polar surface area (TPSA) is 12.9 Å². The summed E-state index contributed by atoms with van der Waals surface area (Å²) in [7, 11) is 0. The van der Waals surface area contributed by atoms with Gasteiger partial charge in [0.2, 0.25) is 0 Å². The monoisotopic (exact) mass is 175 g/mol. The Morgan fingerprint density at radius 1 is 1.46 bits per heavy atom. The molecule has 1 aliphatic rings. The first kappa shape index (κ1) is 8.74. The van der Waals surface area contributed by atoms with Crippen molar-refractivity contribution in [2.75, 3.05) is 0 Å². The Morgan fingerprint density at radius 3 is 3.08 bits per heavy atom. The molecule has 0 saturated carbocycles. The van der Waals surface area contributed by atoms with E-state index in [1.54, 1.807) is 0 Å². The fraction of sp³-hybridized carbons (Fsp3) is 0.583. The summed E-state index contributed by atoms with van der Waals surface area (Å²) in [4.78, 5) is 4.23. The molecule has 1 aromatic rings. The van der Waals surface area contributed by atoms with Crippen molar-refractivity contribution in [2.24, 2.45) is 5.92 Å². The normalized spacial score (nSPS) is 21.6. The largest absolute Gasteiger partial charge is 0.264 e. The Kier molecular flexibility index (Phi) is 2.34. The highest BCUT2D eigenvalue weighted by atomic mass is 14.6. The first-order chi connectivity index (χ1) is 6.29. The van der Waals surface area contributed by atoms with Crippen LogP contribution in [0.3, 0.4) is 0 Å². The van der Waals surface area contributed by atoms with E-state index in [0.29, 0.717) is 0 Å². The molecule has 0 fully saturated rings. The quantitative estimate of drug-likeness (QED) is 0.639. The minimum absolute atomic E-state index is 0.748. The van der Waals surface area contributed by atoms with Crippen molar-refractivity contribution in [1.82, 2.24) is 4.98 Å². The van der Waals surface area contributed by atoms with Crippen LogP contribution in [0.4, 0.5) is 0 Å². The minimum Gasteiger partial charge on any atom is -0.264 e. The van der Waals surface area contributed by atoms with Crippen LogP contribution in [0.5, 0.6) is 0 Å². The van der Waals surface area contributed by atoms with E-state index in [1.807, 2.05) is 6.20 Å². The molecule has 1 aromatic heterocycles. The number of hydrogen-bond donors (Lipinski definition) is 0. The number of aryl methyl sites for hydroxylation is 1. The van der Waals surface area contributed by atoms with Crippen molar-refractivity contribution in [1.29, 1.82) is 0 Å². The average Bonchev–Trinajstić information content (AvgIpc) is 2.17. The van der Waals surface area contributed by atoms with E-state index in [1.165, 1.54) is 30.4 Å². The molecule has 1 nitrogen and oxygen atoms in total. The number of pyridine rings is 1. The third-order valence-electron chi connectivity index (χ3n) is 3.11. The highest BCUT2D eigenvalue weighted by molar-refractivity contribution is 5.29. The maximum absolute atomic E-state index is 4.23. The zero-order chi connectivity index (χ0) is 9.26. The van der Waals surface area contributed by atoms with Gasteiger partial charge >= 0.3 is 0 Å². The molecule has 0 radical (unpaired) electrons. The van der Waals surface area contributed by atoms with Gasteiger partial charge in [0.05, 0.1) is 0 Å². The van der Waals surface area contributed by atoms with E-state index in [0.717, 1.165) is 11.8 Å². The first-order valence-electron chi connectivity index (χ1n) is 5.22. The van der Waals surface area contributed by atoms with Gasteiger partial charge in [0.15, 0.2) is 0 Å². The molecule has 0 N–H and O–H groups in total. The van der Waals surface area contributed by atoms with Gasteiger partial charge in [-0.05, 0) is 48.3 Å². The Bertz CT molecular complexity index is 291. The van der Waals surface area contributed by atoms with Crippen LogP contribution in [-0.4, -0.2) is 4.98 Å². The highest BCUT2D eigenvalue weighted by Crippen LogP contribution is 2.35. The van der Waals surface area contributed by atoms with Gasteiger partial charge in [-0.3, -0.25) is 4.98 Å². The molecule has 2 rings (SSSR count). The Balaban J connectivity index is 2.37. The summed E-state index contributed by atoms with van der Waals surface area (Å²) >= 11 is 0. The summed E-state index contributed by atoms with van der Waals surface area (Å²) in [6.07, 6.45) is 7.93. The Labute approximate surface area is 80.2 Å². The van der Waals surface area contributed by atoms with E-state index in [4.69, 9.17) is 0 Å². The van der Waals surface area contributed by atoms with Crippen LogP contribution in [0.1, 0.15) is 43.7 Å². The number of aromatic nitrogens is 1. The van der Waals surface area contributed by atoms with Crippen molar-refractivity contribution in [3.8, 4) is 0 Å². The molecule has 70 valence electrons. The molecule has 0 unspecified atom stereocenters. The number of nitrogens with zero attached hydrogens (tertiary/aromatic N) is 1. The lowest BCUT2D eigenvalue weighted by molar-refractivity contribution is 0.432. The van der Waals surface area contributed by atoms with E-state index in [9.17, 15) is 0 Å². The SMILES string of the molecule is CC(C)[C@H]1CCCc2ccncc21. The molecule has 0 spiro atoms. The molecule has 0 bridgehead atoms. The van der Waals surface area contributed by atoms with Crippen LogP contribution < -0.4 is 0 Å². The number of fused-ring (bicyclic) bond motifs is 1. The lowest BCUT2D eigenvalue weighted by Gasteiger charge is -2.27. The summed E-state index contributed by atoms with van der Waals surface area (Å²) in [5.74, 6) is 1.50. The first-order valence-corrected chi connectivity index (χ1v) is 5.22. The summed E-state index contributed by atoms with van der Waals surface area (Å²) in [5, 5.41) is 0. The van der Waals surface area contributed by atoms with Crippen molar-refractivity contribution in [3.05, 3.63) is 29.6 Å². The molecule has 0 saturated heterocycles. The van der Waals surface area contributed by atoms with Crippen molar-refractivity contribution in [3.63, 3.8) is 0 Å². The van der Waals surface area contributed by atoms with Crippen LogP contribution in [0, 0.1) is 5.92 Å². The van der Waals surface area contributed by atoms with Crippen LogP contribution >= 0.6 is 0 Å². The maximum atomic E-state index is 4.23. The summed E-state index contributed by atoms with van der Waals surface area (Å²) in [6.45, 7) is 4.62. The zero-order valence-corrected chi connectivity index (χ0v) is 8.46. The van der Waals surface area contributed by atoms with Gasteiger partial charge in [0, 0.05) is 12.4 Å². The van der Waals surface area contributed by atoms with E-state index in [-0.39, 0.29) is 0 Å². The molecule has 0 amide bonds. The van der Waals surface area contributed by atoms with E-state index < -0.39 is 0 Å². The minimum atomic E-state index is 0.748. The molecule has 0 aliphatic heterocycles. The molecule has 1 heteroatoms. The lowest BCUT2D eigenvalue weighted by atomic mass is 9.78. The lowest BCUT2D eigenvalue weighted by Crippen LogP contribution is -2.14. The molecule has 1 aliphatic carbocycles. The van der Waals surface area contributed by atoms with Gasteiger partial charge < -0.3 is 0 Å². The molecule has 13 heavy (non-hydrogen) atoms. The van der Waals surface area contributed by atoms with Crippen molar-refractivity contribution >= 4 is 0 Å². The van der Waals surface area contributed by atoms with Gasteiger partial charge in [0.1, 0.15) is 0 Å². The van der Waals surface area contributed by atoms with Gasteiger partial charge in [-0.2, -0.15) is 0 Å². The fourth-order valence-electron chi connectivity index (χ4n) is 2.36. The second-order valence-corrected chi connectivity index (χ2v) is 4.32. The average molecular weight is 175 g/mol. The molecular weight excluding hydrogens is 158 g/mol. The molecular formula is C12H17N. The Morgan fingerprint density at radius 2 is 2.31 bits per heavy atom. The predicted molar refractivity (Wildman–Crippen MR) is 54.8 cm³/mol. The Hall–Kier alpha value is -0.850. The van der Waals surface area contributed by atoms with Gasteiger partial charge in [-0.15, -0.1) is 0 Å². The van der Waals surface area contributed by atoms with Crippen LogP contribution in [0.2, 0.25) is 0 Å². The standard InChI is InChI=1S/C12H17N/c1-9(2)11-5-3-4-10-6-7-13-8-12(10)11/h6-9,11H,3-5H2,1-2H3/t11-/m1/s1. The van der Waals surface area contributed by atoms with Gasteiger partial charge in [-0.1, -0.05) is 13.8 Å². The fourth-order valence-corrected chi connectivity index (χ4v) is 2.36. The predicted octanol–water partition coefficient (Wildman–Crippen LogP) is 3.16. The zero-order valence-electron chi connectivity index (χ0n) is 8.46. The molecule has 0 aromatic carbocycles. The van der Waals surface area contributed by atoms with Gasteiger partial charge in [0.25, 0.3) is 0 Å². The smallest absolute Gasteiger partial charge is 0.0305 e. The second kappa shape index (κ2) is 3.49. The summed E-state index contributed by atoms with van der Waals surface area (Å²) in [5.41, 5.74) is 3.03. The van der Waals surface area contributed by atoms with Crippen molar-refractivity contribution in [2.45, 2.75) is 39.0 Å². The van der Waals surface area contributed by atoms with Crippen molar-refractivity contribution < 1.29 is 0 Å². The number of rotatable bonds is 1. The van der Waals surface area contributed by atoms with E-state index in [2.05, 4.69) is 31.1 Å². The van der Waals surface area contributed by atoms with Crippen LogP contribution in [0.15, 0.2) is 18.5 Å². The van der Waals surface area contributed by atoms with Crippen LogP contribution in [0.25, 0.3) is 0 Å². The molecule has 1 atom stereocenters. The third-order valence-corrected chi connectivity index (χ3v) is 3.11. The number of hydrogen-bond acceptors (Lipinski definition) is 1.